The highest BCUT2D eigenvalue weighted by molar-refractivity contribution is 7.15. The zero-order chi connectivity index (χ0) is 19.7. The summed E-state index contributed by atoms with van der Waals surface area (Å²) in [6.45, 7) is 4.20. The van der Waals surface area contributed by atoms with E-state index < -0.39 is 0 Å². The third-order valence-electron chi connectivity index (χ3n) is 4.19. The zero-order valence-corrected chi connectivity index (χ0v) is 16.7. The minimum Gasteiger partial charge on any atom is -0.313 e. The van der Waals surface area contributed by atoms with Gasteiger partial charge >= 0.3 is 0 Å². The first-order valence-electron chi connectivity index (χ1n) is 8.58. The van der Waals surface area contributed by atoms with E-state index >= 15 is 0 Å². The number of aromatic nitrogens is 6. The van der Waals surface area contributed by atoms with Crippen LogP contribution in [0.2, 0.25) is 5.02 Å². The molecule has 0 unspecified atom stereocenters. The Morgan fingerprint density at radius 1 is 1.18 bits per heavy atom. The number of nitrogens with zero attached hydrogens (tertiary/aromatic N) is 6. The van der Waals surface area contributed by atoms with Crippen molar-refractivity contribution >= 4 is 33.9 Å². The lowest BCUT2D eigenvalue weighted by molar-refractivity contribution is 0.554. The van der Waals surface area contributed by atoms with Gasteiger partial charge in [0.15, 0.2) is 5.82 Å². The second-order valence-electron chi connectivity index (χ2n) is 6.28. The van der Waals surface area contributed by atoms with Gasteiger partial charge in [-0.1, -0.05) is 29.0 Å². The van der Waals surface area contributed by atoms with Crippen LogP contribution in [0.4, 0.5) is 15.3 Å². The molecule has 3 aromatic heterocycles. The number of aryl methyl sites for hydroxylation is 1. The van der Waals surface area contributed by atoms with Crippen LogP contribution in [0.1, 0.15) is 29.2 Å². The number of anilines is 2. The van der Waals surface area contributed by atoms with Crippen molar-refractivity contribution in [3.8, 4) is 0 Å². The summed E-state index contributed by atoms with van der Waals surface area (Å²) in [4.78, 5) is 0. The Bertz CT molecular complexity index is 1080. The van der Waals surface area contributed by atoms with Gasteiger partial charge in [-0.25, -0.2) is 4.39 Å². The van der Waals surface area contributed by atoms with Crippen molar-refractivity contribution in [3.05, 3.63) is 69.8 Å². The molecule has 144 valence electrons. The van der Waals surface area contributed by atoms with Gasteiger partial charge in [0.05, 0.1) is 12.2 Å². The van der Waals surface area contributed by atoms with Gasteiger partial charge in [0.1, 0.15) is 16.9 Å². The number of rotatable bonds is 6. The van der Waals surface area contributed by atoms with Crippen LogP contribution in [0.15, 0.2) is 42.7 Å². The first kappa shape index (κ1) is 18.6. The maximum atomic E-state index is 13.9. The highest BCUT2D eigenvalue weighted by atomic mass is 35.5. The summed E-state index contributed by atoms with van der Waals surface area (Å²) in [5, 5.41) is 22.2. The molecule has 0 saturated carbocycles. The largest absolute Gasteiger partial charge is 0.313 e. The zero-order valence-electron chi connectivity index (χ0n) is 15.2. The molecule has 1 aromatic carbocycles. The normalized spacial score (nSPS) is 12.3. The van der Waals surface area contributed by atoms with Gasteiger partial charge in [0, 0.05) is 29.0 Å². The van der Waals surface area contributed by atoms with E-state index in [1.54, 1.807) is 29.1 Å². The van der Waals surface area contributed by atoms with Gasteiger partial charge in [0.2, 0.25) is 5.13 Å². The maximum Gasteiger partial charge on any atom is 0.211 e. The number of halogens is 2. The monoisotopic (exact) mass is 417 g/mol. The van der Waals surface area contributed by atoms with Gasteiger partial charge in [-0.2, -0.15) is 10.2 Å². The molecular weight excluding hydrogens is 401 g/mol. The van der Waals surface area contributed by atoms with Crippen LogP contribution in [0.3, 0.4) is 0 Å². The Balaban J connectivity index is 1.45. The lowest BCUT2D eigenvalue weighted by Gasteiger charge is -2.07. The van der Waals surface area contributed by atoms with Gasteiger partial charge in [-0.05, 0) is 32.0 Å². The van der Waals surface area contributed by atoms with Crippen molar-refractivity contribution in [1.29, 1.82) is 0 Å². The number of benzene rings is 1. The standard InChI is InChI=1S/C18H17ClFN7S/c1-11-6-9-27(24-11)12(2)17-22-23-18(28-17)21-16-7-8-26(25-16)10-13-14(19)4-3-5-15(13)20/h3-9,12H,10H2,1-2H3,(H,21,23,25)/t12-/m1/s1. The Labute approximate surface area is 169 Å². The molecular formula is C18H17ClFN7S. The van der Waals surface area contributed by atoms with Crippen LogP contribution in [-0.4, -0.2) is 29.8 Å². The van der Waals surface area contributed by atoms with Crippen molar-refractivity contribution < 1.29 is 4.39 Å². The molecule has 0 fully saturated rings. The molecule has 0 amide bonds. The highest BCUT2D eigenvalue weighted by Crippen LogP contribution is 2.26. The molecule has 28 heavy (non-hydrogen) atoms. The fourth-order valence-electron chi connectivity index (χ4n) is 2.69. The van der Waals surface area contributed by atoms with E-state index in [9.17, 15) is 4.39 Å². The van der Waals surface area contributed by atoms with E-state index in [1.807, 2.05) is 30.8 Å². The summed E-state index contributed by atoms with van der Waals surface area (Å²) in [5.41, 5.74) is 1.36. The first-order valence-corrected chi connectivity index (χ1v) is 9.77. The van der Waals surface area contributed by atoms with Gasteiger partial charge in [0.25, 0.3) is 0 Å². The van der Waals surface area contributed by atoms with Gasteiger partial charge < -0.3 is 5.32 Å². The molecule has 0 saturated heterocycles. The number of nitrogens with one attached hydrogen (secondary N) is 1. The van der Waals surface area contributed by atoms with Crippen molar-refractivity contribution in [2.75, 3.05) is 5.32 Å². The number of hydrogen-bond donors (Lipinski definition) is 1. The highest BCUT2D eigenvalue weighted by Gasteiger charge is 2.15. The fraction of sp³-hybridized carbons (Fsp3) is 0.222. The Hall–Kier alpha value is -2.78. The Morgan fingerprint density at radius 3 is 2.79 bits per heavy atom. The van der Waals surface area contributed by atoms with E-state index in [-0.39, 0.29) is 18.4 Å². The molecule has 4 aromatic rings. The second kappa shape index (κ2) is 7.69. The van der Waals surface area contributed by atoms with Crippen LogP contribution < -0.4 is 5.32 Å². The predicted molar refractivity (Wildman–Crippen MR) is 107 cm³/mol. The average molecular weight is 418 g/mol. The molecule has 0 bridgehead atoms. The van der Waals surface area contributed by atoms with E-state index in [0.717, 1.165) is 10.7 Å². The summed E-state index contributed by atoms with van der Waals surface area (Å²) >= 11 is 7.51. The van der Waals surface area contributed by atoms with Gasteiger partial charge in [-0.3, -0.25) is 9.36 Å². The minimum absolute atomic E-state index is 0.0116. The summed E-state index contributed by atoms with van der Waals surface area (Å²) in [6, 6.07) is 8.35. The first-order chi connectivity index (χ1) is 13.5. The molecule has 7 nitrogen and oxygen atoms in total. The van der Waals surface area contributed by atoms with Crippen molar-refractivity contribution in [1.82, 2.24) is 29.8 Å². The van der Waals surface area contributed by atoms with Crippen molar-refractivity contribution in [3.63, 3.8) is 0 Å². The molecule has 0 spiro atoms. The third-order valence-corrected chi connectivity index (χ3v) is 5.56. The summed E-state index contributed by atoms with van der Waals surface area (Å²) in [7, 11) is 0. The van der Waals surface area contributed by atoms with Crippen molar-refractivity contribution in [2.24, 2.45) is 0 Å². The molecule has 4 rings (SSSR count). The smallest absolute Gasteiger partial charge is 0.211 e. The van der Waals surface area contributed by atoms with Crippen LogP contribution >= 0.6 is 22.9 Å². The Morgan fingerprint density at radius 2 is 2.04 bits per heavy atom. The third kappa shape index (κ3) is 3.90. The SMILES string of the molecule is Cc1ccn([C@H](C)c2nnc(Nc3ccn(Cc4c(F)cccc4Cl)n3)s2)n1. The minimum atomic E-state index is -0.353. The lowest BCUT2D eigenvalue weighted by Crippen LogP contribution is -2.07. The van der Waals surface area contributed by atoms with Crippen LogP contribution in [0, 0.1) is 12.7 Å². The molecule has 0 aliphatic carbocycles. The maximum absolute atomic E-state index is 13.9. The predicted octanol–water partition coefficient (Wildman–Crippen LogP) is 4.43. The number of hydrogen-bond acceptors (Lipinski definition) is 6. The quantitative estimate of drug-likeness (QED) is 0.502. The molecule has 0 radical (unpaired) electrons. The van der Waals surface area contributed by atoms with E-state index in [2.05, 4.69) is 25.7 Å². The second-order valence-corrected chi connectivity index (χ2v) is 7.70. The Kier molecular flexibility index (Phi) is 5.10. The summed E-state index contributed by atoms with van der Waals surface area (Å²) in [6.07, 6.45) is 3.67. The lowest BCUT2D eigenvalue weighted by atomic mass is 10.2. The average Bonchev–Trinajstić information content (AvgIpc) is 3.40. The molecule has 0 aliphatic rings. The van der Waals surface area contributed by atoms with Gasteiger partial charge in [-0.15, -0.1) is 10.2 Å². The summed E-state index contributed by atoms with van der Waals surface area (Å²) in [5.74, 6) is 0.242. The van der Waals surface area contributed by atoms with Crippen LogP contribution in [0.5, 0.6) is 0 Å². The molecule has 10 heteroatoms. The molecule has 0 aliphatic heterocycles. The topological polar surface area (TPSA) is 73.5 Å². The van der Waals surface area contributed by atoms with Crippen LogP contribution in [0.25, 0.3) is 0 Å². The summed E-state index contributed by atoms with van der Waals surface area (Å²) < 4.78 is 17.4. The fourth-order valence-corrected chi connectivity index (χ4v) is 3.71. The van der Waals surface area contributed by atoms with E-state index in [0.29, 0.717) is 21.5 Å². The van der Waals surface area contributed by atoms with E-state index in [1.165, 1.54) is 17.4 Å². The van der Waals surface area contributed by atoms with E-state index in [4.69, 9.17) is 11.6 Å². The van der Waals surface area contributed by atoms with Crippen molar-refractivity contribution in [2.45, 2.75) is 26.4 Å². The molecule has 1 N–H and O–H groups in total. The molecule has 1 atom stereocenters. The van der Waals surface area contributed by atoms with Crippen LogP contribution in [-0.2, 0) is 6.54 Å². The molecule has 3 heterocycles.